The molecule has 0 atom stereocenters. The molecule has 1 aliphatic carbocycles. The summed E-state index contributed by atoms with van der Waals surface area (Å²) in [4.78, 5) is 14.9. The molecule has 5 nitrogen and oxygen atoms in total. The van der Waals surface area contributed by atoms with Gasteiger partial charge < -0.3 is 9.64 Å². The molecule has 2 fully saturated rings. The molecule has 2 aromatic rings. The molecule has 0 radical (unpaired) electrons. The van der Waals surface area contributed by atoms with Crippen LogP contribution in [0.25, 0.3) is 11.3 Å². The molecule has 0 aromatic carbocycles. The lowest BCUT2D eigenvalue weighted by Crippen LogP contribution is -2.42. The fraction of sp³-hybridized carbons (Fsp3) is 0.600. The fourth-order valence-electron chi connectivity index (χ4n) is 4.08. The van der Waals surface area contributed by atoms with Gasteiger partial charge in [0.05, 0.1) is 29.7 Å². The summed E-state index contributed by atoms with van der Waals surface area (Å²) in [5.41, 5.74) is 2.52. The second-order valence-corrected chi connectivity index (χ2v) is 8.46. The van der Waals surface area contributed by atoms with Gasteiger partial charge >= 0.3 is 0 Å². The van der Waals surface area contributed by atoms with Crippen LogP contribution in [-0.4, -0.2) is 46.3 Å². The van der Waals surface area contributed by atoms with Crippen LogP contribution in [0.1, 0.15) is 55.8 Å². The van der Waals surface area contributed by atoms with E-state index in [1.807, 2.05) is 21.7 Å². The van der Waals surface area contributed by atoms with Gasteiger partial charge in [0.2, 0.25) is 0 Å². The number of hydrogen-bond donors (Lipinski definition) is 1. The Morgan fingerprint density at radius 3 is 2.62 bits per heavy atom. The molecule has 26 heavy (non-hydrogen) atoms. The van der Waals surface area contributed by atoms with E-state index in [1.165, 1.54) is 25.7 Å². The molecule has 1 saturated carbocycles. The third-order valence-corrected chi connectivity index (χ3v) is 6.44. The first-order valence-corrected chi connectivity index (χ1v) is 10.7. The number of ether oxygens (including phenoxy) is 1. The summed E-state index contributed by atoms with van der Waals surface area (Å²) in [6.45, 7) is 3.86. The summed E-state index contributed by atoms with van der Waals surface area (Å²) in [7, 11) is 0. The Morgan fingerprint density at radius 1 is 1.19 bits per heavy atom. The number of carbonyl (C=O) groups is 1. The van der Waals surface area contributed by atoms with Crippen LogP contribution in [0, 0.1) is 5.92 Å². The quantitative estimate of drug-likeness (QED) is 0.867. The molecule has 1 amide bonds. The molecule has 0 unspecified atom stereocenters. The van der Waals surface area contributed by atoms with Gasteiger partial charge in [-0.3, -0.25) is 9.89 Å². The zero-order valence-corrected chi connectivity index (χ0v) is 16.1. The smallest absolute Gasteiger partial charge is 0.257 e. The Labute approximate surface area is 158 Å². The Balaban J connectivity index is 1.32. The minimum Gasteiger partial charge on any atom is -0.375 e. The summed E-state index contributed by atoms with van der Waals surface area (Å²) in [5, 5.41) is 11.1. The fourth-order valence-corrected chi connectivity index (χ4v) is 4.72. The van der Waals surface area contributed by atoms with Crippen LogP contribution < -0.4 is 0 Å². The van der Waals surface area contributed by atoms with E-state index in [0.29, 0.717) is 17.8 Å². The number of rotatable bonds is 4. The number of nitrogens with one attached hydrogen (secondary N) is 1. The first kappa shape index (κ1) is 17.7. The van der Waals surface area contributed by atoms with Gasteiger partial charge in [-0.2, -0.15) is 16.4 Å². The van der Waals surface area contributed by atoms with Gasteiger partial charge in [0.1, 0.15) is 0 Å². The van der Waals surface area contributed by atoms with E-state index in [0.717, 1.165) is 43.1 Å². The van der Waals surface area contributed by atoms with Gasteiger partial charge in [0, 0.05) is 24.0 Å². The molecule has 4 rings (SSSR count). The average molecular weight is 374 g/mol. The molecular weight excluding hydrogens is 346 g/mol. The van der Waals surface area contributed by atoms with E-state index in [-0.39, 0.29) is 5.91 Å². The van der Waals surface area contributed by atoms with Crippen molar-refractivity contribution in [3.8, 4) is 11.3 Å². The number of piperidine rings is 1. The minimum absolute atomic E-state index is 0.0740. The van der Waals surface area contributed by atoms with E-state index in [1.54, 1.807) is 17.5 Å². The number of likely N-dealkylation sites (tertiary alicyclic amines) is 1. The average Bonchev–Trinajstić information content (AvgIpc) is 3.35. The lowest BCUT2D eigenvalue weighted by atomic mass is 9.88. The summed E-state index contributed by atoms with van der Waals surface area (Å²) in [6.07, 6.45) is 9.21. The molecule has 6 heteroatoms. The highest BCUT2D eigenvalue weighted by atomic mass is 32.1. The first-order valence-electron chi connectivity index (χ1n) is 9.71. The summed E-state index contributed by atoms with van der Waals surface area (Å²) < 4.78 is 6.33. The van der Waals surface area contributed by atoms with Crippen molar-refractivity contribution in [2.75, 3.05) is 13.1 Å². The van der Waals surface area contributed by atoms with Gasteiger partial charge in [0.25, 0.3) is 5.91 Å². The number of aromatic nitrogens is 2. The number of thiophene rings is 1. The van der Waals surface area contributed by atoms with E-state index >= 15 is 0 Å². The second kappa shape index (κ2) is 7.92. The van der Waals surface area contributed by atoms with Crippen molar-refractivity contribution in [1.82, 2.24) is 15.1 Å². The molecule has 3 heterocycles. The Hall–Kier alpha value is -1.66. The highest BCUT2D eigenvalue weighted by Crippen LogP contribution is 2.29. The normalized spacial score (nSPS) is 24.7. The van der Waals surface area contributed by atoms with Gasteiger partial charge in [-0.15, -0.1) is 0 Å². The maximum Gasteiger partial charge on any atom is 0.257 e. The van der Waals surface area contributed by atoms with Crippen LogP contribution in [0.4, 0.5) is 0 Å². The zero-order valence-electron chi connectivity index (χ0n) is 15.3. The van der Waals surface area contributed by atoms with Gasteiger partial charge in [-0.1, -0.05) is 6.92 Å². The van der Waals surface area contributed by atoms with Crippen LogP contribution in [0.15, 0.2) is 23.0 Å². The predicted octanol–water partition coefficient (Wildman–Crippen LogP) is 4.34. The molecule has 1 N–H and O–H groups in total. The predicted molar refractivity (Wildman–Crippen MR) is 103 cm³/mol. The van der Waals surface area contributed by atoms with Crippen molar-refractivity contribution in [1.29, 1.82) is 0 Å². The van der Waals surface area contributed by atoms with E-state index in [2.05, 4.69) is 17.1 Å². The molecule has 2 aromatic heterocycles. The van der Waals surface area contributed by atoms with Crippen molar-refractivity contribution in [3.63, 3.8) is 0 Å². The number of amides is 1. The SMILES string of the molecule is CC1CCC(OC2CCN(C(=O)c3cn[nH]c3-c3ccsc3)CC2)CC1. The monoisotopic (exact) mass is 373 g/mol. The van der Waals surface area contributed by atoms with Crippen molar-refractivity contribution < 1.29 is 9.53 Å². The van der Waals surface area contributed by atoms with Crippen molar-refractivity contribution >= 4 is 17.2 Å². The number of hydrogen-bond acceptors (Lipinski definition) is 4. The summed E-state index contributed by atoms with van der Waals surface area (Å²) >= 11 is 1.62. The van der Waals surface area contributed by atoms with Gasteiger partial charge in [-0.05, 0) is 55.9 Å². The Morgan fingerprint density at radius 2 is 1.92 bits per heavy atom. The lowest BCUT2D eigenvalue weighted by molar-refractivity contribution is -0.0570. The molecule has 1 saturated heterocycles. The Bertz CT molecular complexity index is 711. The summed E-state index contributed by atoms with van der Waals surface area (Å²) in [6, 6.07) is 2.01. The van der Waals surface area contributed by atoms with Gasteiger partial charge in [0.15, 0.2) is 0 Å². The number of carbonyl (C=O) groups excluding carboxylic acids is 1. The van der Waals surface area contributed by atoms with Crippen LogP contribution in [-0.2, 0) is 4.74 Å². The molecule has 0 bridgehead atoms. The standard InChI is InChI=1S/C20H27N3O2S/c1-14-2-4-16(5-3-14)25-17-6-9-23(10-7-17)20(24)18-12-21-22-19(18)15-8-11-26-13-15/h8,11-14,16-17H,2-7,9-10H2,1H3,(H,21,22). The van der Waals surface area contributed by atoms with Crippen LogP contribution >= 0.6 is 11.3 Å². The van der Waals surface area contributed by atoms with Crippen molar-refractivity contribution in [2.45, 2.75) is 57.7 Å². The lowest BCUT2D eigenvalue weighted by Gasteiger charge is -2.35. The highest BCUT2D eigenvalue weighted by molar-refractivity contribution is 7.08. The maximum absolute atomic E-state index is 12.9. The molecule has 0 spiro atoms. The second-order valence-electron chi connectivity index (χ2n) is 7.68. The van der Waals surface area contributed by atoms with Gasteiger partial charge in [-0.25, -0.2) is 0 Å². The number of aromatic amines is 1. The van der Waals surface area contributed by atoms with E-state index < -0.39 is 0 Å². The van der Waals surface area contributed by atoms with Crippen LogP contribution in [0.2, 0.25) is 0 Å². The van der Waals surface area contributed by atoms with Crippen LogP contribution in [0.3, 0.4) is 0 Å². The van der Waals surface area contributed by atoms with Crippen molar-refractivity contribution in [2.24, 2.45) is 5.92 Å². The molecular formula is C20H27N3O2S. The number of nitrogens with zero attached hydrogens (tertiary/aromatic N) is 2. The number of H-pyrrole nitrogens is 1. The minimum atomic E-state index is 0.0740. The molecule has 1 aliphatic heterocycles. The molecule has 2 aliphatic rings. The Kier molecular flexibility index (Phi) is 5.41. The van der Waals surface area contributed by atoms with E-state index in [4.69, 9.17) is 4.74 Å². The van der Waals surface area contributed by atoms with E-state index in [9.17, 15) is 4.79 Å². The third-order valence-electron chi connectivity index (χ3n) is 5.76. The molecule has 140 valence electrons. The highest BCUT2D eigenvalue weighted by Gasteiger charge is 2.29. The summed E-state index contributed by atoms with van der Waals surface area (Å²) in [5.74, 6) is 0.923. The third kappa shape index (κ3) is 3.86. The van der Waals surface area contributed by atoms with Crippen LogP contribution in [0.5, 0.6) is 0 Å². The first-order chi connectivity index (χ1) is 12.7. The topological polar surface area (TPSA) is 58.2 Å². The van der Waals surface area contributed by atoms with Crippen molar-refractivity contribution in [3.05, 3.63) is 28.6 Å². The zero-order chi connectivity index (χ0) is 17.9. The largest absolute Gasteiger partial charge is 0.375 e. The maximum atomic E-state index is 12.9.